The van der Waals surface area contributed by atoms with E-state index in [4.69, 9.17) is 13.7 Å². The van der Waals surface area contributed by atoms with E-state index in [1.165, 1.54) is 12.1 Å². The normalized spacial score (nSPS) is 35.9. The first kappa shape index (κ1) is 14.9. The molecule has 2 fully saturated rings. The minimum atomic E-state index is -4.05. The second-order valence-corrected chi connectivity index (χ2v) is 6.76. The van der Waals surface area contributed by atoms with Crippen LogP contribution >= 0.6 is 0 Å². The first-order chi connectivity index (χ1) is 9.88. The second-order valence-electron chi connectivity index (χ2n) is 5.19. The number of rotatable bonds is 3. The van der Waals surface area contributed by atoms with E-state index in [1.54, 1.807) is 12.1 Å². The molecule has 21 heavy (non-hydrogen) atoms. The lowest BCUT2D eigenvalue weighted by Crippen LogP contribution is -2.41. The van der Waals surface area contributed by atoms with Crippen molar-refractivity contribution in [3.05, 3.63) is 29.8 Å². The van der Waals surface area contributed by atoms with Gasteiger partial charge in [-0.1, -0.05) is 17.7 Å². The largest absolute Gasteiger partial charge is 0.388 e. The number of ether oxygens (including phenoxy) is 2. The Kier molecular flexibility index (Phi) is 3.76. The Morgan fingerprint density at radius 3 is 2.52 bits per heavy atom. The van der Waals surface area contributed by atoms with Crippen LogP contribution < -0.4 is 0 Å². The summed E-state index contributed by atoms with van der Waals surface area (Å²) in [6, 6.07) is 6.15. The molecule has 0 aliphatic carbocycles. The van der Waals surface area contributed by atoms with E-state index in [1.807, 2.05) is 6.92 Å². The van der Waals surface area contributed by atoms with Gasteiger partial charge < -0.3 is 19.7 Å². The fourth-order valence-electron chi connectivity index (χ4n) is 2.41. The van der Waals surface area contributed by atoms with Gasteiger partial charge in [0, 0.05) is 0 Å². The molecule has 0 aromatic heterocycles. The third kappa shape index (κ3) is 2.70. The fraction of sp³-hybridized carbons (Fsp3) is 0.538. The second kappa shape index (κ2) is 5.31. The van der Waals surface area contributed by atoms with Crippen LogP contribution in [0.3, 0.4) is 0 Å². The molecule has 1 aromatic carbocycles. The van der Waals surface area contributed by atoms with Gasteiger partial charge in [-0.25, -0.2) is 0 Å². The number of aryl methyl sites for hydroxylation is 1. The van der Waals surface area contributed by atoms with Gasteiger partial charge in [-0.3, -0.25) is 4.18 Å². The third-order valence-electron chi connectivity index (χ3n) is 3.59. The molecule has 2 N–H and O–H groups in total. The highest BCUT2D eigenvalue weighted by Crippen LogP contribution is 2.33. The van der Waals surface area contributed by atoms with Crippen LogP contribution in [-0.2, 0) is 23.8 Å². The Hall–Kier alpha value is -1.03. The standard InChI is InChI=1S/C13H16O7S/c1-7-2-4-8(5-3-7)21(16,17)20-12-10(15)11-9(14)6-18-13(12)19-11/h2-5,9-15H,6H2,1H3/t9-,10+,11-,12-,13-/m0/s1. The zero-order valence-electron chi connectivity index (χ0n) is 11.2. The molecule has 2 aliphatic rings. The average molecular weight is 316 g/mol. The first-order valence-electron chi connectivity index (χ1n) is 6.51. The molecule has 0 radical (unpaired) electrons. The van der Waals surface area contributed by atoms with Crippen molar-refractivity contribution < 1.29 is 32.3 Å². The quantitative estimate of drug-likeness (QED) is 0.728. The summed E-state index contributed by atoms with van der Waals surface area (Å²) < 4.78 is 39.8. The monoisotopic (exact) mass is 316 g/mol. The molecule has 3 rings (SSSR count). The van der Waals surface area contributed by atoms with E-state index in [0.717, 1.165) is 5.56 Å². The molecule has 2 heterocycles. The van der Waals surface area contributed by atoms with Crippen LogP contribution in [0.25, 0.3) is 0 Å². The lowest BCUT2D eigenvalue weighted by Gasteiger charge is -2.25. The van der Waals surface area contributed by atoms with Crippen molar-refractivity contribution in [2.75, 3.05) is 6.61 Å². The molecule has 0 unspecified atom stereocenters. The lowest BCUT2D eigenvalue weighted by atomic mass is 10.1. The van der Waals surface area contributed by atoms with Crippen LogP contribution in [0.5, 0.6) is 0 Å². The van der Waals surface area contributed by atoms with Crippen molar-refractivity contribution in [3.63, 3.8) is 0 Å². The SMILES string of the molecule is Cc1ccc(S(=O)(=O)O[C@@H]2[C@H]3OC[C@H](O)[C@H](O3)[C@H]2O)cc1. The highest BCUT2D eigenvalue weighted by Gasteiger charge is 2.53. The number of aliphatic hydroxyl groups excluding tert-OH is 2. The molecule has 0 saturated carbocycles. The molecule has 2 bridgehead atoms. The first-order valence-corrected chi connectivity index (χ1v) is 7.92. The maximum atomic E-state index is 12.2. The molecular weight excluding hydrogens is 300 g/mol. The Labute approximate surface area is 122 Å². The molecule has 7 nitrogen and oxygen atoms in total. The molecule has 2 saturated heterocycles. The van der Waals surface area contributed by atoms with E-state index < -0.39 is 40.8 Å². The number of hydrogen-bond donors (Lipinski definition) is 2. The molecular formula is C13H16O7S. The zero-order chi connectivity index (χ0) is 15.2. The summed E-state index contributed by atoms with van der Waals surface area (Å²) in [5, 5.41) is 19.6. The van der Waals surface area contributed by atoms with Gasteiger partial charge in [0.2, 0.25) is 0 Å². The minimum Gasteiger partial charge on any atom is -0.388 e. The lowest BCUT2D eigenvalue weighted by molar-refractivity contribution is -0.231. The molecule has 5 atom stereocenters. The third-order valence-corrected chi connectivity index (χ3v) is 4.92. The summed E-state index contributed by atoms with van der Waals surface area (Å²) in [7, 11) is -4.05. The van der Waals surface area contributed by atoms with Gasteiger partial charge in [0.05, 0.1) is 11.5 Å². The van der Waals surface area contributed by atoms with E-state index >= 15 is 0 Å². The molecule has 0 spiro atoms. The Morgan fingerprint density at radius 1 is 1.24 bits per heavy atom. The van der Waals surface area contributed by atoms with Crippen LogP contribution in [0, 0.1) is 6.92 Å². The van der Waals surface area contributed by atoms with Crippen LogP contribution in [0.2, 0.25) is 0 Å². The Morgan fingerprint density at radius 2 is 1.90 bits per heavy atom. The molecule has 8 heteroatoms. The number of aliphatic hydroxyl groups is 2. The van der Waals surface area contributed by atoms with E-state index in [-0.39, 0.29) is 11.5 Å². The molecule has 0 amide bonds. The number of fused-ring (bicyclic) bond motifs is 2. The topological polar surface area (TPSA) is 102 Å². The van der Waals surface area contributed by atoms with Crippen molar-refractivity contribution in [3.8, 4) is 0 Å². The van der Waals surface area contributed by atoms with Crippen LogP contribution in [-0.4, -0.2) is 55.9 Å². The van der Waals surface area contributed by atoms with Crippen LogP contribution in [0.4, 0.5) is 0 Å². The van der Waals surface area contributed by atoms with Gasteiger partial charge in [0.1, 0.15) is 18.3 Å². The summed E-state index contributed by atoms with van der Waals surface area (Å²) in [5.41, 5.74) is 0.917. The summed E-state index contributed by atoms with van der Waals surface area (Å²) in [6.07, 6.45) is -5.38. The maximum Gasteiger partial charge on any atom is 0.297 e. The summed E-state index contributed by atoms with van der Waals surface area (Å²) in [5.74, 6) is 0. The van der Waals surface area contributed by atoms with Crippen molar-refractivity contribution in [2.24, 2.45) is 0 Å². The molecule has 2 aliphatic heterocycles. The number of benzene rings is 1. The van der Waals surface area contributed by atoms with Crippen molar-refractivity contribution in [1.82, 2.24) is 0 Å². The van der Waals surface area contributed by atoms with Crippen LogP contribution in [0.1, 0.15) is 5.56 Å². The van der Waals surface area contributed by atoms with Crippen molar-refractivity contribution in [1.29, 1.82) is 0 Å². The highest BCUT2D eigenvalue weighted by atomic mass is 32.2. The minimum absolute atomic E-state index is 0.0118. The van der Waals surface area contributed by atoms with Gasteiger partial charge in [-0.15, -0.1) is 0 Å². The van der Waals surface area contributed by atoms with Gasteiger partial charge in [0.15, 0.2) is 12.4 Å². The predicted octanol–water partition coefficient (Wildman–Crippen LogP) is -0.454. The van der Waals surface area contributed by atoms with E-state index in [0.29, 0.717) is 0 Å². The summed E-state index contributed by atoms with van der Waals surface area (Å²) in [4.78, 5) is -0.0118. The maximum absolute atomic E-state index is 12.2. The fourth-order valence-corrected chi connectivity index (χ4v) is 3.49. The highest BCUT2D eigenvalue weighted by molar-refractivity contribution is 7.86. The van der Waals surface area contributed by atoms with Crippen LogP contribution in [0.15, 0.2) is 29.2 Å². The Bertz CT molecular complexity index is 612. The summed E-state index contributed by atoms with van der Waals surface area (Å²) >= 11 is 0. The Balaban J connectivity index is 1.81. The van der Waals surface area contributed by atoms with Gasteiger partial charge >= 0.3 is 0 Å². The van der Waals surface area contributed by atoms with Gasteiger partial charge in [0.25, 0.3) is 10.1 Å². The molecule has 116 valence electrons. The zero-order valence-corrected chi connectivity index (χ0v) is 12.1. The van der Waals surface area contributed by atoms with E-state index in [9.17, 15) is 18.6 Å². The van der Waals surface area contributed by atoms with Gasteiger partial charge in [-0.2, -0.15) is 8.42 Å². The number of hydrogen-bond acceptors (Lipinski definition) is 7. The van der Waals surface area contributed by atoms with E-state index in [2.05, 4.69) is 0 Å². The summed E-state index contributed by atoms with van der Waals surface area (Å²) in [6.45, 7) is 1.81. The van der Waals surface area contributed by atoms with Crippen molar-refractivity contribution in [2.45, 2.75) is 42.5 Å². The van der Waals surface area contributed by atoms with Gasteiger partial charge in [-0.05, 0) is 19.1 Å². The smallest absolute Gasteiger partial charge is 0.297 e. The average Bonchev–Trinajstić information content (AvgIpc) is 2.69. The van der Waals surface area contributed by atoms with Crippen molar-refractivity contribution >= 4 is 10.1 Å². The molecule has 1 aromatic rings. The predicted molar refractivity (Wildman–Crippen MR) is 69.9 cm³/mol.